The molecule has 0 aromatic heterocycles. The van der Waals surface area contributed by atoms with Crippen LogP contribution in [0.4, 0.5) is 5.69 Å². The lowest BCUT2D eigenvalue weighted by atomic mass is 9.71. The molecule has 2 aliphatic rings. The van der Waals surface area contributed by atoms with E-state index in [-0.39, 0.29) is 23.1 Å². The molecule has 0 aliphatic heterocycles. The maximum atomic E-state index is 12.4. The van der Waals surface area contributed by atoms with Gasteiger partial charge in [-0.25, -0.2) is 0 Å². The van der Waals surface area contributed by atoms with E-state index >= 15 is 0 Å². The van der Waals surface area contributed by atoms with Crippen molar-refractivity contribution in [1.29, 1.82) is 0 Å². The SMILES string of the molecule is NCC1(CC(=O)NCc2cccc(NC(=O)C3CCCC3)c2)CCCCC1. The predicted molar refractivity (Wildman–Crippen MR) is 108 cm³/mol. The fourth-order valence-corrected chi connectivity index (χ4v) is 4.55. The van der Waals surface area contributed by atoms with Gasteiger partial charge in [-0.3, -0.25) is 9.59 Å². The van der Waals surface area contributed by atoms with Crippen molar-refractivity contribution in [2.45, 2.75) is 70.8 Å². The van der Waals surface area contributed by atoms with E-state index in [1.807, 2.05) is 24.3 Å². The van der Waals surface area contributed by atoms with Gasteiger partial charge in [-0.1, -0.05) is 44.2 Å². The first kappa shape index (κ1) is 19.9. The standard InChI is InChI=1S/C22H33N3O2/c23-16-22(11-4-1-5-12-22)14-20(26)24-15-17-7-6-10-19(13-17)25-21(27)18-8-2-3-9-18/h6-7,10,13,18H,1-5,8-9,11-12,14-16,23H2,(H,24,26)(H,25,27). The maximum absolute atomic E-state index is 12.4. The van der Waals surface area contributed by atoms with Crippen molar-refractivity contribution in [3.63, 3.8) is 0 Å². The molecule has 2 saturated carbocycles. The van der Waals surface area contributed by atoms with Gasteiger partial charge in [-0.15, -0.1) is 0 Å². The molecule has 2 amide bonds. The number of nitrogens with two attached hydrogens (primary N) is 1. The zero-order valence-electron chi connectivity index (χ0n) is 16.3. The van der Waals surface area contributed by atoms with Crippen LogP contribution in [0.3, 0.4) is 0 Å². The molecule has 0 atom stereocenters. The second-order valence-electron chi connectivity index (χ2n) is 8.39. The average molecular weight is 372 g/mol. The van der Waals surface area contributed by atoms with Gasteiger partial charge in [0.2, 0.25) is 11.8 Å². The summed E-state index contributed by atoms with van der Waals surface area (Å²) in [5.74, 6) is 0.343. The Labute approximate surface area is 162 Å². The lowest BCUT2D eigenvalue weighted by molar-refractivity contribution is -0.124. The first-order valence-electron chi connectivity index (χ1n) is 10.5. The van der Waals surface area contributed by atoms with Crippen molar-refractivity contribution in [3.8, 4) is 0 Å². The molecule has 148 valence electrons. The number of hydrogen-bond donors (Lipinski definition) is 3. The Hall–Kier alpha value is -1.88. The fraction of sp³-hybridized carbons (Fsp3) is 0.636. The van der Waals surface area contributed by atoms with Gasteiger partial charge in [0.1, 0.15) is 0 Å². The van der Waals surface area contributed by atoms with Crippen molar-refractivity contribution in [1.82, 2.24) is 5.32 Å². The molecule has 0 bridgehead atoms. The Morgan fingerprint density at radius 2 is 1.81 bits per heavy atom. The number of amides is 2. The monoisotopic (exact) mass is 371 g/mol. The highest BCUT2D eigenvalue weighted by atomic mass is 16.2. The molecule has 3 rings (SSSR count). The third kappa shape index (κ3) is 5.55. The zero-order chi connectivity index (χ0) is 19.1. The van der Waals surface area contributed by atoms with Gasteiger partial charge in [0.15, 0.2) is 0 Å². The van der Waals surface area contributed by atoms with Crippen LogP contribution in [0.1, 0.15) is 69.8 Å². The van der Waals surface area contributed by atoms with Crippen molar-refractivity contribution in [3.05, 3.63) is 29.8 Å². The number of benzene rings is 1. The van der Waals surface area contributed by atoms with Gasteiger partial charge in [0.25, 0.3) is 0 Å². The van der Waals surface area contributed by atoms with E-state index in [0.717, 1.165) is 49.8 Å². The van der Waals surface area contributed by atoms with Crippen LogP contribution in [-0.2, 0) is 16.1 Å². The van der Waals surface area contributed by atoms with Gasteiger partial charge >= 0.3 is 0 Å². The number of anilines is 1. The Morgan fingerprint density at radius 1 is 1.07 bits per heavy atom. The van der Waals surface area contributed by atoms with Crippen LogP contribution in [0.25, 0.3) is 0 Å². The van der Waals surface area contributed by atoms with Crippen molar-refractivity contribution < 1.29 is 9.59 Å². The molecule has 2 aliphatic carbocycles. The van der Waals surface area contributed by atoms with Crippen LogP contribution in [-0.4, -0.2) is 18.4 Å². The molecule has 0 saturated heterocycles. The molecule has 5 nitrogen and oxygen atoms in total. The molecule has 0 spiro atoms. The van der Waals surface area contributed by atoms with Gasteiger partial charge in [0.05, 0.1) is 0 Å². The Balaban J connectivity index is 1.50. The fourth-order valence-electron chi connectivity index (χ4n) is 4.55. The highest BCUT2D eigenvalue weighted by Crippen LogP contribution is 2.38. The van der Waals surface area contributed by atoms with E-state index in [2.05, 4.69) is 10.6 Å². The van der Waals surface area contributed by atoms with Gasteiger partial charge in [-0.05, 0) is 55.3 Å². The lowest BCUT2D eigenvalue weighted by Gasteiger charge is -2.35. The maximum Gasteiger partial charge on any atom is 0.227 e. The number of hydrogen-bond acceptors (Lipinski definition) is 3. The van der Waals surface area contributed by atoms with Crippen LogP contribution in [0, 0.1) is 11.3 Å². The minimum atomic E-state index is -0.0144. The highest BCUT2D eigenvalue weighted by Gasteiger charge is 2.32. The number of carbonyl (C=O) groups is 2. The summed E-state index contributed by atoms with van der Waals surface area (Å²) in [5.41, 5.74) is 7.78. The molecule has 1 aromatic carbocycles. The first-order valence-corrected chi connectivity index (χ1v) is 10.5. The van der Waals surface area contributed by atoms with Gasteiger partial charge in [0, 0.05) is 24.6 Å². The second kappa shape index (κ2) is 9.36. The van der Waals surface area contributed by atoms with Crippen LogP contribution >= 0.6 is 0 Å². The summed E-state index contributed by atoms with van der Waals surface area (Å²) in [4.78, 5) is 24.7. The third-order valence-electron chi connectivity index (χ3n) is 6.29. The molecular weight excluding hydrogens is 338 g/mol. The van der Waals surface area contributed by atoms with Crippen LogP contribution in [0.2, 0.25) is 0 Å². The summed E-state index contributed by atoms with van der Waals surface area (Å²) in [5, 5.41) is 6.06. The molecule has 5 heteroatoms. The topological polar surface area (TPSA) is 84.2 Å². The summed E-state index contributed by atoms with van der Waals surface area (Å²) in [6, 6.07) is 7.76. The smallest absolute Gasteiger partial charge is 0.227 e. The summed E-state index contributed by atoms with van der Waals surface area (Å²) in [7, 11) is 0. The quantitative estimate of drug-likeness (QED) is 0.683. The van der Waals surface area contributed by atoms with E-state index in [1.165, 1.54) is 19.3 Å². The number of nitrogens with one attached hydrogen (secondary N) is 2. The van der Waals surface area contributed by atoms with Gasteiger partial charge in [-0.2, -0.15) is 0 Å². The average Bonchev–Trinajstić information content (AvgIpc) is 3.22. The van der Waals surface area contributed by atoms with Crippen LogP contribution in [0.5, 0.6) is 0 Å². The van der Waals surface area contributed by atoms with E-state index in [4.69, 9.17) is 5.73 Å². The molecule has 0 heterocycles. The third-order valence-corrected chi connectivity index (χ3v) is 6.29. The Kier molecular flexibility index (Phi) is 6.89. The Morgan fingerprint density at radius 3 is 2.52 bits per heavy atom. The van der Waals surface area contributed by atoms with E-state index in [0.29, 0.717) is 19.5 Å². The van der Waals surface area contributed by atoms with Crippen molar-refractivity contribution >= 4 is 17.5 Å². The summed E-state index contributed by atoms with van der Waals surface area (Å²) < 4.78 is 0. The second-order valence-corrected chi connectivity index (χ2v) is 8.39. The summed E-state index contributed by atoms with van der Waals surface area (Å²) >= 11 is 0. The lowest BCUT2D eigenvalue weighted by Crippen LogP contribution is -2.38. The van der Waals surface area contributed by atoms with E-state index in [9.17, 15) is 9.59 Å². The van der Waals surface area contributed by atoms with Crippen molar-refractivity contribution in [2.75, 3.05) is 11.9 Å². The molecule has 27 heavy (non-hydrogen) atoms. The van der Waals surface area contributed by atoms with Gasteiger partial charge < -0.3 is 16.4 Å². The normalized spacial score (nSPS) is 19.6. The molecule has 1 aromatic rings. The molecule has 0 unspecified atom stereocenters. The van der Waals surface area contributed by atoms with Crippen LogP contribution in [0.15, 0.2) is 24.3 Å². The van der Waals surface area contributed by atoms with E-state index in [1.54, 1.807) is 0 Å². The Bertz CT molecular complexity index is 647. The number of carbonyl (C=O) groups excluding carboxylic acids is 2. The summed E-state index contributed by atoms with van der Waals surface area (Å²) in [6.07, 6.45) is 10.5. The highest BCUT2D eigenvalue weighted by molar-refractivity contribution is 5.92. The molecule has 0 radical (unpaired) electrons. The zero-order valence-corrected chi connectivity index (χ0v) is 16.3. The minimum absolute atomic E-state index is 0.0144. The largest absolute Gasteiger partial charge is 0.352 e. The molecule has 4 N–H and O–H groups in total. The van der Waals surface area contributed by atoms with E-state index < -0.39 is 0 Å². The number of rotatable bonds is 7. The minimum Gasteiger partial charge on any atom is -0.352 e. The van der Waals surface area contributed by atoms with Crippen molar-refractivity contribution in [2.24, 2.45) is 17.1 Å². The summed E-state index contributed by atoms with van der Waals surface area (Å²) in [6.45, 7) is 1.07. The first-order chi connectivity index (χ1) is 13.1. The molecule has 2 fully saturated rings. The van der Waals surface area contributed by atoms with Crippen LogP contribution < -0.4 is 16.4 Å². The predicted octanol–water partition coefficient (Wildman–Crippen LogP) is 3.73. The molecular formula is C22H33N3O2.